The Bertz CT molecular complexity index is 588. The van der Waals surface area contributed by atoms with Gasteiger partial charge in [0, 0.05) is 42.7 Å². The number of aryl methyl sites for hydroxylation is 3. The number of nitrogens with zero attached hydrogens (tertiary/aromatic N) is 2. The average Bonchev–Trinajstić information content (AvgIpc) is 2.45. The molecule has 2 rings (SSSR count). The van der Waals surface area contributed by atoms with Gasteiger partial charge in [0.15, 0.2) is 5.82 Å². The monoisotopic (exact) mass is 285 g/mol. The molecule has 0 saturated heterocycles. The van der Waals surface area contributed by atoms with Crippen LogP contribution in [0, 0.1) is 20.8 Å². The molecule has 4 heteroatoms. The van der Waals surface area contributed by atoms with Crippen LogP contribution in [0.5, 0.6) is 0 Å². The van der Waals surface area contributed by atoms with Crippen molar-refractivity contribution < 1.29 is 4.74 Å². The summed E-state index contributed by atoms with van der Waals surface area (Å²) in [6.45, 7) is 8.48. The van der Waals surface area contributed by atoms with E-state index < -0.39 is 0 Å². The van der Waals surface area contributed by atoms with Crippen molar-refractivity contribution in [1.29, 1.82) is 0 Å². The van der Waals surface area contributed by atoms with E-state index in [2.05, 4.69) is 40.4 Å². The molecule has 0 spiro atoms. The van der Waals surface area contributed by atoms with E-state index in [0.29, 0.717) is 6.61 Å². The highest BCUT2D eigenvalue weighted by Crippen LogP contribution is 2.19. The van der Waals surface area contributed by atoms with Crippen LogP contribution in [-0.4, -0.2) is 30.2 Å². The van der Waals surface area contributed by atoms with Gasteiger partial charge in [0.25, 0.3) is 0 Å². The molecule has 112 valence electrons. The standard InChI is InChI=1S/C17H23N3O/c1-12-6-5-7-15(10-12)17-19-13(2)16(14(3)20-17)11-18-8-9-21-4/h5-7,10,18H,8-9,11H2,1-4H3. The lowest BCUT2D eigenvalue weighted by Gasteiger charge is -2.12. The first-order chi connectivity index (χ1) is 10.1. The average molecular weight is 285 g/mol. The zero-order valence-electron chi connectivity index (χ0n) is 13.2. The van der Waals surface area contributed by atoms with E-state index in [4.69, 9.17) is 4.74 Å². The molecule has 2 aromatic rings. The normalized spacial score (nSPS) is 10.9. The summed E-state index contributed by atoms with van der Waals surface area (Å²) in [7, 11) is 1.71. The van der Waals surface area contributed by atoms with Gasteiger partial charge in [0.2, 0.25) is 0 Å². The molecule has 4 nitrogen and oxygen atoms in total. The van der Waals surface area contributed by atoms with Crippen molar-refractivity contribution in [2.75, 3.05) is 20.3 Å². The van der Waals surface area contributed by atoms with Gasteiger partial charge in [-0.1, -0.05) is 23.8 Å². The molecule has 0 fully saturated rings. The highest BCUT2D eigenvalue weighted by Gasteiger charge is 2.09. The zero-order valence-corrected chi connectivity index (χ0v) is 13.2. The van der Waals surface area contributed by atoms with Gasteiger partial charge < -0.3 is 10.1 Å². The molecular formula is C17H23N3O. The van der Waals surface area contributed by atoms with Crippen LogP contribution in [0.25, 0.3) is 11.4 Å². The third-order valence-corrected chi connectivity index (χ3v) is 3.48. The van der Waals surface area contributed by atoms with E-state index in [1.807, 2.05) is 19.9 Å². The Morgan fingerprint density at radius 3 is 2.43 bits per heavy atom. The third kappa shape index (κ3) is 4.09. The summed E-state index contributed by atoms with van der Waals surface area (Å²) in [5.41, 5.74) is 5.52. The minimum atomic E-state index is 0.709. The van der Waals surface area contributed by atoms with E-state index in [1.165, 1.54) is 11.1 Å². The first-order valence-electron chi connectivity index (χ1n) is 7.22. The van der Waals surface area contributed by atoms with E-state index in [-0.39, 0.29) is 0 Å². The number of hydrogen-bond acceptors (Lipinski definition) is 4. The lowest BCUT2D eigenvalue weighted by atomic mass is 10.1. The first-order valence-corrected chi connectivity index (χ1v) is 7.22. The van der Waals surface area contributed by atoms with Crippen molar-refractivity contribution in [3.63, 3.8) is 0 Å². The zero-order chi connectivity index (χ0) is 15.2. The molecule has 0 aliphatic heterocycles. The number of benzene rings is 1. The Morgan fingerprint density at radius 2 is 1.81 bits per heavy atom. The molecule has 0 saturated carbocycles. The summed E-state index contributed by atoms with van der Waals surface area (Å²) in [5.74, 6) is 0.800. The van der Waals surface area contributed by atoms with Gasteiger partial charge in [-0.25, -0.2) is 9.97 Å². The Balaban J connectivity index is 2.20. The van der Waals surface area contributed by atoms with Crippen molar-refractivity contribution in [2.45, 2.75) is 27.3 Å². The lowest BCUT2D eigenvalue weighted by Crippen LogP contribution is -2.20. The maximum absolute atomic E-state index is 5.03. The van der Waals surface area contributed by atoms with Crippen molar-refractivity contribution in [2.24, 2.45) is 0 Å². The van der Waals surface area contributed by atoms with E-state index in [9.17, 15) is 0 Å². The minimum Gasteiger partial charge on any atom is -0.383 e. The first kappa shape index (κ1) is 15.6. The summed E-state index contributed by atoms with van der Waals surface area (Å²) in [4.78, 5) is 9.32. The van der Waals surface area contributed by atoms with Crippen LogP contribution in [0.1, 0.15) is 22.5 Å². The van der Waals surface area contributed by atoms with Crippen molar-refractivity contribution in [3.8, 4) is 11.4 Å². The summed E-state index contributed by atoms with van der Waals surface area (Å²) in [6, 6.07) is 8.29. The molecule has 21 heavy (non-hydrogen) atoms. The van der Waals surface area contributed by atoms with E-state index >= 15 is 0 Å². The van der Waals surface area contributed by atoms with Crippen molar-refractivity contribution in [1.82, 2.24) is 15.3 Å². The molecule has 0 bridgehead atoms. The Morgan fingerprint density at radius 1 is 1.10 bits per heavy atom. The number of ether oxygens (including phenoxy) is 1. The summed E-state index contributed by atoms with van der Waals surface area (Å²) < 4.78 is 5.03. The van der Waals surface area contributed by atoms with Crippen LogP contribution in [0.2, 0.25) is 0 Å². The van der Waals surface area contributed by atoms with Crippen LogP contribution in [0.4, 0.5) is 0 Å². The second-order valence-electron chi connectivity index (χ2n) is 5.24. The van der Waals surface area contributed by atoms with Crippen LogP contribution in [0.3, 0.4) is 0 Å². The molecule has 1 heterocycles. The van der Waals surface area contributed by atoms with Gasteiger partial charge >= 0.3 is 0 Å². The van der Waals surface area contributed by atoms with E-state index in [0.717, 1.165) is 35.9 Å². The number of rotatable bonds is 6. The van der Waals surface area contributed by atoms with Crippen LogP contribution < -0.4 is 5.32 Å². The quantitative estimate of drug-likeness (QED) is 0.829. The smallest absolute Gasteiger partial charge is 0.159 e. The Kier molecular flexibility index (Phi) is 5.42. The van der Waals surface area contributed by atoms with Gasteiger partial charge in [-0.2, -0.15) is 0 Å². The number of aromatic nitrogens is 2. The van der Waals surface area contributed by atoms with Crippen LogP contribution in [0.15, 0.2) is 24.3 Å². The van der Waals surface area contributed by atoms with Gasteiger partial charge in [0.1, 0.15) is 0 Å². The van der Waals surface area contributed by atoms with Gasteiger partial charge in [0.05, 0.1) is 6.61 Å². The van der Waals surface area contributed by atoms with Gasteiger partial charge in [-0.3, -0.25) is 0 Å². The lowest BCUT2D eigenvalue weighted by molar-refractivity contribution is 0.199. The van der Waals surface area contributed by atoms with Crippen molar-refractivity contribution in [3.05, 3.63) is 46.8 Å². The second-order valence-corrected chi connectivity index (χ2v) is 5.24. The van der Waals surface area contributed by atoms with Crippen LogP contribution in [-0.2, 0) is 11.3 Å². The predicted molar refractivity (Wildman–Crippen MR) is 85.3 cm³/mol. The molecule has 0 amide bonds. The maximum atomic E-state index is 5.03. The van der Waals surface area contributed by atoms with E-state index in [1.54, 1.807) is 7.11 Å². The summed E-state index contributed by atoms with van der Waals surface area (Å²) in [6.07, 6.45) is 0. The SMILES string of the molecule is COCCNCc1c(C)nc(-c2cccc(C)c2)nc1C. The molecular weight excluding hydrogens is 262 g/mol. The molecule has 0 radical (unpaired) electrons. The second kappa shape index (κ2) is 7.29. The fraction of sp³-hybridized carbons (Fsp3) is 0.412. The summed E-state index contributed by atoms with van der Waals surface area (Å²) in [5, 5.41) is 3.35. The maximum Gasteiger partial charge on any atom is 0.159 e. The number of hydrogen-bond donors (Lipinski definition) is 1. The minimum absolute atomic E-state index is 0.709. The summed E-state index contributed by atoms with van der Waals surface area (Å²) >= 11 is 0. The fourth-order valence-corrected chi connectivity index (χ4v) is 2.30. The molecule has 0 aliphatic rings. The largest absolute Gasteiger partial charge is 0.383 e. The molecule has 0 atom stereocenters. The Labute approximate surface area is 126 Å². The van der Waals surface area contributed by atoms with Crippen molar-refractivity contribution >= 4 is 0 Å². The molecule has 1 N–H and O–H groups in total. The van der Waals surface area contributed by atoms with Crippen LogP contribution >= 0.6 is 0 Å². The highest BCUT2D eigenvalue weighted by atomic mass is 16.5. The number of nitrogens with one attached hydrogen (secondary N) is 1. The molecule has 0 aliphatic carbocycles. The van der Waals surface area contributed by atoms with Gasteiger partial charge in [-0.15, -0.1) is 0 Å². The Hall–Kier alpha value is -1.78. The third-order valence-electron chi connectivity index (χ3n) is 3.48. The fourth-order valence-electron chi connectivity index (χ4n) is 2.30. The number of methoxy groups -OCH3 is 1. The molecule has 0 unspecified atom stereocenters. The molecule has 1 aromatic carbocycles. The topological polar surface area (TPSA) is 47.0 Å². The highest BCUT2D eigenvalue weighted by molar-refractivity contribution is 5.56. The molecule has 1 aromatic heterocycles. The van der Waals surface area contributed by atoms with Gasteiger partial charge in [-0.05, 0) is 26.8 Å². The predicted octanol–water partition coefficient (Wildman–Crippen LogP) is 2.80.